The van der Waals surface area contributed by atoms with E-state index in [1.165, 1.54) is 17.8 Å². The van der Waals surface area contributed by atoms with E-state index >= 15 is 0 Å². The molecule has 2 amide bonds. The number of hydrogen-bond acceptors (Lipinski definition) is 7. The van der Waals surface area contributed by atoms with Crippen molar-refractivity contribution in [2.24, 2.45) is 0 Å². The molecule has 1 atom stereocenters. The maximum atomic E-state index is 13.3. The average Bonchev–Trinajstić information content (AvgIpc) is 3.53. The lowest BCUT2D eigenvalue weighted by Gasteiger charge is -2.31. The lowest BCUT2D eigenvalue weighted by molar-refractivity contribution is -0.181. The first kappa shape index (κ1) is 28.2. The van der Waals surface area contributed by atoms with Crippen LogP contribution >= 0.6 is 11.3 Å². The topological polar surface area (TPSA) is 109 Å². The van der Waals surface area contributed by atoms with Gasteiger partial charge >= 0.3 is 0 Å². The molecular weight excluding hydrogens is 502 g/mol. The van der Waals surface area contributed by atoms with Crippen molar-refractivity contribution in [1.29, 1.82) is 0 Å². The van der Waals surface area contributed by atoms with Gasteiger partial charge in [0, 0.05) is 31.7 Å². The molecule has 1 unspecified atom stereocenters. The fourth-order valence-corrected chi connectivity index (χ4v) is 5.45. The molecule has 0 radical (unpaired) electrons. The van der Waals surface area contributed by atoms with Crippen LogP contribution in [-0.2, 0) is 11.3 Å². The second-order valence-electron chi connectivity index (χ2n) is 10.8. The number of amides is 2. The first-order valence-electron chi connectivity index (χ1n) is 13.3. The van der Waals surface area contributed by atoms with Gasteiger partial charge in [0.15, 0.2) is 0 Å². The Bertz CT molecular complexity index is 1230. The Kier molecular flexibility index (Phi) is 9.19. The van der Waals surface area contributed by atoms with Crippen LogP contribution in [0.3, 0.4) is 0 Å². The van der Waals surface area contributed by atoms with Crippen LogP contribution in [0.5, 0.6) is 0 Å². The lowest BCUT2D eigenvalue weighted by atomic mass is 9.94. The number of aliphatic hydroxyl groups excluding tert-OH is 1. The van der Waals surface area contributed by atoms with Crippen LogP contribution in [0.4, 0.5) is 5.95 Å². The van der Waals surface area contributed by atoms with Gasteiger partial charge in [0.25, 0.3) is 11.8 Å². The molecule has 2 aromatic heterocycles. The number of nitrogens with one attached hydrogen (secondary N) is 2. The molecule has 3 aromatic rings. The number of aliphatic hydroxyl groups is 1. The Labute approximate surface area is 228 Å². The third-order valence-corrected chi connectivity index (χ3v) is 7.62. The van der Waals surface area contributed by atoms with E-state index in [4.69, 9.17) is 9.72 Å². The van der Waals surface area contributed by atoms with Crippen molar-refractivity contribution in [2.45, 2.75) is 83.9 Å². The summed E-state index contributed by atoms with van der Waals surface area (Å²) in [6.45, 7) is 6.68. The third-order valence-electron chi connectivity index (χ3n) is 6.75. The number of nitrogens with zero attached hydrogens (tertiary/aromatic N) is 3. The van der Waals surface area contributed by atoms with Crippen LogP contribution in [0, 0.1) is 0 Å². The number of fused-ring (bicyclic) bond motifs is 1. The fraction of sp³-hybridized carbons (Fsp3) is 0.536. The summed E-state index contributed by atoms with van der Waals surface area (Å²) < 4.78 is 7.44. The van der Waals surface area contributed by atoms with Crippen LogP contribution in [-0.4, -0.2) is 63.0 Å². The Morgan fingerprint density at radius 2 is 2.00 bits per heavy atom. The number of benzene rings is 1. The monoisotopic (exact) mass is 541 g/mol. The zero-order chi connectivity index (χ0) is 27.3. The van der Waals surface area contributed by atoms with Crippen molar-refractivity contribution in [3.63, 3.8) is 0 Å². The zero-order valence-corrected chi connectivity index (χ0v) is 23.5. The van der Waals surface area contributed by atoms with E-state index < -0.39 is 12.0 Å². The summed E-state index contributed by atoms with van der Waals surface area (Å²) in [6.07, 6.45) is 5.23. The highest BCUT2D eigenvalue weighted by Gasteiger charge is 2.24. The number of aromatic nitrogens is 2. The first-order chi connectivity index (χ1) is 18.1. The molecule has 38 heavy (non-hydrogen) atoms. The van der Waals surface area contributed by atoms with Gasteiger partial charge in [0.2, 0.25) is 12.4 Å². The van der Waals surface area contributed by atoms with E-state index in [9.17, 15) is 14.7 Å². The number of imidazole rings is 1. The molecule has 206 valence electrons. The highest BCUT2D eigenvalue weighted by Crippen LogP contribution is 2.26. The number of hydrogen-bond donors (Lipinski definition) is 3. The van der Waals surface area contributed by atoms with E-state index in [0.29, 0.717) is 41.4 Å². The standard InChI is InChI=1S/C28H39N5O4S/c1-28(2,3)37-27(36)29-15-9-16-33-22-14-13-19(25(35)32(4)20-10-6-5-7-11-20)18-21(22)30-26(33)31-24(34)23-12-8-17-38-23/h8,12-14,17-18,20,27,29,36H,5-7,9-11,15-16H2,1-4H3,(H,30,31,34). The predicted octanol–water partition coefficient (Wildman–Crippen LogP) is 4.83. The smallest absolute Gasteiger partial charge is 0.268 e. The molecule has 0 spiro atoms. The summed E-state index contributed by atoms with van der Waals surface area (Å²) in [5.74, 6) is 0.196. The number of anilines is 1. The summed E-state index contributed by atoms with van der Waals surface area (Å²) >= 11 is 1.36. The highest BCUT2D eigenvalue weighted by atomic mass is 32.1. The van der Waals surface area contributed by atoms with Crippen LogP contribution < -0.4 is 10.6 Å². The van der Waals surface area contributed by atoms with E-state index in [0.717, 1.165) is 31.2 Å². The van der Waals surface area contributed by atoms with E-state index in [2.05, 4.69) is 10.6 Å². The molecule has 9 nitrogen and oxygen atoms in total. The van der Waals surface area contributed by atoms with E-state index in [1.807, 2.05) is 66.9 Å². The predicted molar refractivity (Wildman–Crippen MR) is 150 cm³/mol. The van der Waals surface area contributed by atoms with Gasteiger partial charge in [-0.15, -0.1) is 11.3 Å². The molecule has 1 saturated carbocycles. The molecule has 1 aliphatic rings. The number of thiophene rings is 1. The molecule has 1 fully saturated rings. The SMILES string of the molecule is CN(C(=O)c1ccc2c(c1)nc(NC(=O)c1cccs1)n2CCCNC(O)OC(C)(C)C)C1CCCCC1. The second-order valence-corrected chi connectivity index (χ2v) is 11.8. The zero-order valence-electron chi connectivity index (χ0n) is 22.7. The minimum Gasteiger partial charge on any atom is -0.356 e. The van der Waals surface area contributed by atoms with Crippen molar-refractivity contribution < 1.29 is 19.4 Å². The normalized spacial score (nSPS) is 15.5. The van der Waals surface area contributed by atoms with Gasteiger partial charge in [-0.1, -0.05) is 25.3 Å². The average molecular weight is 542 g/mol. The molecule has 0 bridgehead atoms. The number of ether oxygens (including phenoxy) is 1. The van der Waals surface area contributed by atoms with Crippen molar-refractivity contribution >= 4 is 40.1 Å². The Morgan fingerprint density at radius 3 is 2.68 bits per heavy atom. The van der Waals surface area contributed by atoms with Crippen molar-refractivity contribution in [2.75, 3.05) is 18.9 Å². The van der Waals surface area contributed by atoms with Crippen molar-refractivity contribution in [3.05, 3.63) is 46.2 Å². The molecular formula is C28H39N5O4S. The minimum atomic E-state index is -1.07. The van der Waals surface area contributed by atoms with Gasteiger partial charge in [0.1, 0.15) is 0 Å². The van der Waals surface area contributed by atoms with Gasteiger partial charge in [-0.2, -0.15) is 0 Å². The molecule has 3 N–H and O–H groups in total. The van der Waals surface area contributed by atoms with E-state index in [-0.39, 0.29) is 17.9 Å². The van der Waals surface area contributed by atoms with Gasteiger partial charge < -0.3 is 19.3 Å². The van der Waals surface area contributed by atoms with Crippen molar-refractivity contribution in [3.8, 4) is 0 Å². The summed E-state index contributed by atoms with van der Waals surface area (Å²) in [5.41, 5.74) is 1.61. The number of aryl methyl sites for hydroxylation is 1. The maximum Gasteiger partial charge on any atom is 0.268 e. The van der Waals surface area contributed by atoms with Crippen LogP contribution in [0.1, 0.15) is 79.3 Å². The second kappa shape index (κ2) is 12.4. The van der Waals surface area contributed by atoms with Gasteiger partial charge in [-0.05, 0) is 69.7 Å². The van der Waals surface area contributed by atoms with Crippen molar-refractivity contribution in [1.82, 2.24) is 19.8 Å². The molecule has 2 heterocycles. The number of carbonyl (C=O) groups is 2. The number of rotatable bonds is 10. The molecule has 1 aliphatic carbocycles. The fourth-order valence-electron chi connectivity index (χ4n) is 4.83. The molecule has 4 rings (SSSR count). The molecule has 10 heteroatoms. The molecule has 1 aromatic carbocycles. The lowest BCUT2D eigenvalue weighted by Crippen LogP contribution is -2.38. The van der Waals surface area contributed by atoms with Gasteiger partial charge in [-0.3, -0.25) is 20.2 Å². The first-order valence-corrected chi connectivity index (χ1v) is 14.2. The Balaban J connectivity index is 1.52. The maximum absolute atomic E-state index is 13.3. The Morgan fingerprint density at radius 1 is 1.24 bits per heavy atom. The van der Waals surface area contributed by atoms with Crippen LogP contribution in [0.2, 0.25) is 0 Å². The summed E-state index contributed by atoms with van der Waals surface area (Å²) in [6, 6.07) is 9.43. The van der Waals surface area contributed by atoms with Crippen LogP contribution in [0.25, 0.3) is 11.0 Å². The minimum absolute atomic E-state index is 0.00504. The van der Waals surface area contributed by atoms with Crippen LogP contribution in [0.15, 0.2) is 35.7 Å². The largest absolute Gasteiger partial charge is 0.356 e. The summed E-state index contributed by atoms with van der Waals surface area (Å²) in [5, 5.41) is 17.8. The molecule has 0 aliphatic heterocycles. The number of carbonyl (C=O) groups excluding carboxylic acids is 2. The van der Waals surface area contributed by atoms with Gasteiger partial charge in [0.05, 0.1) is 21.5 Å². The third kappa shape index (κ3) is 7.19. The summed E-state index contributed by atoms with van der Waals surface area (Å²) in [7, 11) is 1.89. The quantitative estimate of drug-likeness (QED) is 0.251. The molecule has 0 saturated heterocycles. The Hall–Kier alpha value is -2.79. The summed E-state index contributed by atoms with van der Waals surface area (Å²) in [4.78, 5) is 33.3. The van der Waals surface area contributed by atoms with Gasteiger partial charge in [-0.25, -0.2) is 4.98 Å². The highest BCUT2D eigenvalue weighted by molar-refractivity contribution is 7.12. The van der Waals surface area contributed by atoms with E-state index in [1.54, 1.807) is 6.07 Å².